The first kappa shape index (κ1) is 84.6. The largest absolute Gasteiger partial charge is 0.336 e. The molecule has 3 nitrogen and oxygen atoms in total. The summed E-state index contributed by atoms with van der Waals surface area (Å²) in [5, 5.41) is 0. The van der Waals surface area contributed by atoms with Crippen LogP contribution in [0.1, 0.15) is 320 Å². The number of benzene rings is 6. The van der Waals surface area contributed by atoms with Crippen LogP contribution in [-0.4, -0.2) is 0 Å². The quantitative estimate of drug-likeness (QED) is 0.0367. The van der Waals surface area contributed by atoms with Crippen LogP contribution in [0.3, 0.4) is 0 Å². The predicted octanol–water partition coefficient (Wildman–Crippen LogP) is 27.4. The van der Waals surface area contributed by atoms with Crippen molar-refractivity contribution in [2.24, 2.45) is 71.0 Å². The van der Waals surface area contributed by atoms with Gasteiger partial charge in [-0.1, -0.05) is 239 Å². The zero-order chi connectivity index (χ0) is 75.0. The molecule has 6 aromatic carbocycles. The first-order chi connectivity index (χ1) is 46.4. The van der Waals surface area contributed by atoms with Crippen molar-refractivity contribution in [2.45, 2.75) is 322 Å². The van der Waals surface area contributed by atoms with E-state index in [-0.39, 0.29) is 0 Å². The van der Waals surface area contributed by atoms with Gasteiger partial charge in [-0.3, -0.25) is 13.6 Å². The Morgan fingerprint density at radius 3 is 0.440 bits per heavy atom. The summed E-state index contributed by atoms with van der Waals surface area (Å²) in [6.07, 6.45) is 11.5. The first-order valence-corrected chi connectivity index (χ1v) is 41.2. The maximum absolute atomic E-state index is 9.10. The van der Waals surface area contributed by atoms with Crippen LogP contribution in [0.4, 0.5) is 0 Å². The molecule has 0 aromatic heterocycles. The normalized spacial score (nSPS) is 13.0. The van der Waals surface area contributed by atoms with Crippen LogP contribution in [0, 0.1) is 113 Å². The van der Waals surface area contributed by atoms with E-state index in [1.165, 1.54) is 134 Å². The van der Waals surface area contributed by atoms with E-state index >= 15 is 0 Å². The van der Waals surface area contributed by atoms with Gasteiger partial charge in [0.15, 0.2) is 0 Å². The molecule has 0 aliphatic heterocycles. The lowest BCUT2D eigenvalue weighted by Crippen LogP contribution is -2.38. The van der Waals surface area contributed by atoms with E-state index in [1.807, 2.05) is 0 Å². The molecule has 0 saturated heterocycles. The maximum Gasteiger partial charge on any atom is 0.336 e. The molecule has 0 saturated carbocycles. The Kier molecular flexibility index (Phi) is 30.5. The maximum atomic E-state index is 9.10. The Morgan fingerprint density at radius 2 is 0.330 bits per heavy atom. The second-order valence-electron chi connectivity index (χ2n) is 37.5. The lowest BCUT2D eigenvalue weighted by atomic mass is 9.75. The van der Waals surface area contributed by atoms with Crippen molar-refractivity contribution in [3.63, 3.8) is 0 Å². The minimum atomic E-state index is -2.47. The summed E-state index contributed by atoms with van der Waals surface area (Å²) in [6, 6.07) is 30.6. The van der Waals surface area contributed by atoms with E-state index in [0.717, 1.165) is 77.0 Å². The summed E-state index contributed by atoms with van der Waals surface area (Å²) in [4.78, 5) is 0. The molecule has 0 atom stereocenters. The second-order valence-corrected chi connectivity index (χ2v) is 38.4. The molecule has 100 heavy (non-hydrogen) atoms. The Morgan fingerprint density at radius 1 is 0.210 bits per heavy atom. The molecule has 0 aliphatic carbocycles. The van der Waals surface area contributed by atoms with E-state index in [9.17, 15) is 0 Å². The van der Waals surface area contributed by atoms with Crippen LogP contribution < -0.4 is 0 Å². The highest BCUT2D eigenvalue weighted by Gasteiger charge is 2.50. The third-order valence-electron chi connectivity index (χ3n) is 20.1. The minimum absolute atomic E-state index is 0.381. The summed E-state index contributed by atoms with van der Waals surface area (Å²) >= 11 is 0. The summed E-state index contributed by atoms with van der Waals surface area (Å²) in [5.74, 6) is 5.27. The molecule has 0 aliphatic rings. The molecule has 6 aromatic rings. The molecule has 0 spiro atoms. The van der Waals surface area contributed by atoms with Gasteiger partial charge >= 0.3 is 8.60 Å². The second kappa shape index (κ2) is 36.1. The van der Waals surface area contributed by atoms with Crippen molar-refractivity contribution in [1.29, 1.82) is 0 Å². The monoisotopic (exact) mass is 1380 g/mol. The summed E-state index contributed by atoms with van der Waals surface area (Å²) in [5.41, 5.74) is 28.2. The van der Waals surface area contributed by atoms with Gasteiger partial charge in [0, 0.05) is 0 Å². The topological polar surface area (TPSA) is 27.7 Å². The van der Waals surface area contributed by atoms with E-state index in [2.05, 4.69) is 301 Å². The SMILES string of the molecule is Cc1cc(CC(C)C)cc(CC(C)C)c1C(C)(OP(OC(C)(c1c(C)cc(CC(C)C)cc1CC(C)C)c1c(C)cc(CC(C)C)cc1CC(C)C)OC(C)(c1c(C)cc(CC(C)C)cc1CC(C)C)c1c(C)cc(CC(C)C)cc1CC(C)C)c1c(C)cc(CC(C)C)cc1CC(C)C. The van der Waals surface area contributed by atoms with Gasteiger partial charge in [0.2, 0.25) is 0 Å². The Hall–Kier alpha value is -4.37. The van der Waals surface area contributed by atoms with Gasteiger partial charge in [0.1, 0.15) is 16.8 Å². The van der Waals surface area contributed by atoms with Crippen molar-refractivity contribution in [3.05, 3.63) is 206 Å². The molecule has 0 N–H and O–H groups in total. The predicted molar refractivity (Wildman–Crippen MR) is 439 cm³/mol. The fourth-order valence-corrected chi connectivity index (χ4v) is 19.6. The molecular weight excluding hydrogens is 1230 g/mol. The van der Waals surface area contributed by atoms with Crippen LogP contribution in [0.15, 0.2) is 72.8 Å². The lowest BCUT2D eigenvalue weighted by molar-refractivity contribution is -0.00243. The zero-order valence-corrected chi connectivity index (χ0v) is 71.4. The smallest absolute Gasteiger partial charge is 0.296 e. The highest BCUT2D eigenvalue weighted by atomic mass is 31.2. The number of rotatable bonds is 36. The molecule has 0 heterocycles. The van der Waals surface area contributed by atoms with E-state index in [4.69, 9.17) is 13.6 Å². The molecule has 0 radical (unpaired) electrons. The Bertz CT molecular complexity index is 3050. The van der Waals surface area contributed by atoms with Crippen molar-refractivity contribution < 1.29 is 13.6 Å². The van der Waals surface area contributed by atoms with Gasteiger partial charge in [0.05, 0.1) is 0 Å². The highest BCUT2D eigenvalue weighted by molar-refractivity contribution is 7.41. The van der Waals surface area contributed by atoms with Gasteiger partial charge < -0.3 is 0 Å². The first-order valence-electron chi connectivity index (χ1n) is 40.1. The highest BCUT2D eigenvalue weighted by Crippen LogP contribution is 2.63. The van der Waals surface area contributed by atoms with Crippen LogP contribution >= 0.6 is 8.60 Å². The molecule has 4 heteroatoms. The standard InChI is InChI=1S/C96H147O3P/c1-58(2)34-76-46-70(25)88(82(52-76)40-64(13)14)94(31,89-71(26)47-77(35-59(3)4)53-83(89)41-65(15)16)97-100(98-95(32,90-72(27)48-78(36-60(5)6)54-84(90)42-66(17)18)91-73(28)49-79(37-61(7)8)55-85(91)43-67(19)20)99-96(33,92-74(29)50-80(38-62(9)10)56-86(92)44-68(21)22)93-75(30)51-81(39-63(11)12)57-87(93)45-69(23)24/h46-69H,34-45H2,1-33H3. The molecule has 6 rings (SSSR count). The summed E-state index contributed by atoms with van der Waals surface area (Å²) in [7, 11) is -2.47. The molecule has 0 amide bonds. The molecule has 0 bridgehead atoms. The number of aryl methyl sites for hydroxylation is 6. The van der Waals surface area contributed by atoms with E-state index in [1.54, 1.807) is 0 Å². The summed E-state index contributed by atoms with van der Waals surface area (Å²) in [6.45, 7) is 79.0. The Balaban J connectivity index is 2.05. The van der Waals surface area contributed by atoms with Gasteiger partial charge in [-0.2, -0.15) is 0 Å². The number of hydrogen-bond donors (Lipinski definition) is 0. The average molecular weight is 1380 g/mol. The molecule has 554 valence electrons. The van der Waals surface area contributed by atoms with E-state index in [0.29, 0.717) is 71.0 Å². The lowest BCUT2D eigenvalue weighted by Gasteiger charge is -2.46. The Labute approximate surface area is 618 Å². The van der Waals surface area contributed by atoms with Crippen molar-refractivity contribution >= 4 is 8.60 Å². The van der Waals surface area contributed by atoms with Gasteiger partial charge in [0.25, 0.3) is 0 Å². The molecule has 0 unspecified atom stereocenters. The van der Waals surface area contributed by atoms with Gasteiger partial charge in [-0.05, 0) is 344 Å². The molecular formula is C96H147O3P. The third kappa shape index (κ3) is 22.1. The van der Waals surface area contributed by atoms with E-state index < -0.39 is 25.4 Å². The minimum Gasteiger partial charge on any atom is -0.296 e. The van der Waals surface area contributed by atoms with Gasteiger partial charge in [-0.25, -0.2) is 0 Å². The van der Waals surface area contributed by atoms with Crippen LogP contribution in [0.25, 0.3) is 0 Å². The van der Waals surface area contributed by atoms with Crippen molar-refractivity contribution in [3.8, 4) is 0 Å². The van der Waals surface area contributed by atoms with Crippen LogP contribution in [0.2, 0.25) is 0 Å². The number of hydrogen-bond acceptors (Lipinski definition) is 3. The molecule has 0 fully saturated rings. The van der Waals surface area contributed by atoms with Crippen LogP contribution in [0.5, 0.6) is 0 Å². The van der Waals surface area contributed by atoms with Crippen LogP contribution in [-0.2, 0) is 107 Å². The summed E-state index contributed by atoms with van der Waals surface area (Å²) < 4.78 is 27.3. The zero-order valence-electron chi connectivity index (χ0n) is 70.5. The van der Waals surface area contributed by atoms with Gasteiger partial charge in [-0.15, -0.1) is 0 Å². The fourth-order valence-electron chi connectivity index (χ4n) is 18.0. The van der Waals surface area contributed by atoms with Crippen molar-refractivity contribution in [2.75, 3.05) is 0 Å². The fraction of sp³-hybridized carbons (Fsp3) is 0.625. The third-order valence-corrected chi connectivity index (χ3v) is 21.7. The average Bonchev–Trinajstić information content (AvgIpc) is 0.733. The van der Waals surface area contributed by atoms with Crippen molar-refractivity contribution in [1.82, 2.24) is 0 Å².